The molecule has 15 heavy (non-hydrogen) atoms. The van der Waals surface area contributed by atoms with Crippen LogP contribution in [0.5, 0.6) is 0 Å². The summed E-state index contributed by atoms with van der Waals surface area (Å²) in [6.45, 7) is 4.06. The van der Waals surface area contributed by atoms with Crippen molar-refractivity contribution in [3.63, 3.8) is 0 Å². The minimum atomic E-state index is 0.0362. The molecular weight excluding hydrogens is 254 g/mol. The Bertz CT molecular complexity index is 248. The smallest absolute Gasteiger partial charge is 0.236 e. The van der Waals surface area contributed by atoms with Crippen LogP contribution in [-0.2, 0) is 4.79 Å². The van der Waals surface area contributed by atoms with Crippen LogP contribution in [0.4, 0.5) is 0 Å². The fourth-order valence-electron chi connectivity index (χ4n) is 3.03. The first-order valence-corrected chi connectivity index (χ1v) is 7.01. The summed E-state index contributed by atoms with van der Waals surface area (Å²) < 4.78 is 0. The molecule has 1 spiro atoms. The minimum Gasteiger partial charge on any atom is -0.341 e. The van der Waals surface area contributed by atoms with E-state index < -0.39 is 0 Å². The van der Waals surface area contributed by atoms with Gasteiger partial charge in [-0.1, -0.05) is 35.7 Å². The van der Waals surface area contributed by atoms with E-state index >= 15 is 0 Å². The van der Waals surface area contributed by atoms with Crippen LogP contribution in [-0.4, -0.2) is 28.7 Å². The maximum atomic E-state index is 12.0. The normalized spacial score (nSPS) is 26.1. The summed E-state index contributed by atoms with van der Waals surface area (Å²) in [6, 6.07) is 0. The number of carbonyl (C=O) groups is 1. The lowest BCUT2D eigenvalue weighted by Crippen LogP contribution is -2.36. The fraction of sp³-hybridized carbons (Fsp3) is 0.917. The Morgan fingerprint density at radius 3 is 2.67 bits per heavy atom. The minimum absolute atomic E-state index is 0.0362. The van der Waals surface area contributed by atoms with Gasteiger partial charge < -0.3 is 4.90 Å². The van der Waals surface area contributed by atoms with Gasteiger partial charge in [0.25, 0.3) is 0 Å². The predicted molar refractivity (Wildman–Crippen MR) is 65.1 cm³/mol. The Morgan fingerprint density at radius 2 is 2.07 bits per heavy atom. The average molecular weight is 274 g/mol. The predicted octanol–water partition coefficient (Wildman–Crippen LogP) is 2.95. The largest absolute Gasteiger partial charge is 0.341 e. The van der Waals surface area contributed by atoms with Gasteiger partial charge in [-0.3, -0.25) is 4.79 Å². The zero-order valence-corrected chi connectivity index (χ0v) is 11.1. The van der Waals surface area contributed by atoms with Crippen molar-refractivity contribution in [1.29, 1.82) is 0 Å². The summed E-state index contributed by atoms with van der Waals surface area (Å²) in [6.07, 6.45) is 7.55. The molecule has 2 nitrogen and oxygen atoms in total. The SMILES string of the molecule is CCC(Br)C(=O)N1CCC2(CCCC2)C1. The topological polar surface area (TPSA) is 20.3 Å². The molecule has 0 N–H and O–H groups in total. The van der Waals surface area contributed by atoms with Gasteiger partial charge in [-0.2, -0.15) is 0 Å². The maximum absolute atomic E-state index is 12.0. The molecule has 1 aliphatic heterocycles. The Balaban J connectivity index is 1.94. The van der Waals surface area contributed by atoms with Gasteiger partial charge >= 0.3 is 0 Å². The summed E-state index contributed by atoms with van der Waals surface area (Å²) >= 11 is 3.46. The summed E-state index contributed by atoms with van der Waals surface area (Å²) in [5.41, 5.74) is 0.510. The van der Waals surface area contributed by atoms with Crippen molar-refractivity contribution in [2.45, 2.75) is 50.3 Å². The molecule has 1 amide bonds. The van der Waals surface area contributed by atoms with Crippen molar-refractivity contribution in [3.05, 3.63) is 0 Å². The molecule has 0 bridgehead atoms. The number of rotatable bonds is 2. The first-order chi connectivity index (χ1) is 7.17. The first kappa shape index (κ1) is 11.4. The molecular formula is C12H20BrNO. The molecule has 86 valence electrons. The molecule has 0 aromatic rings. The van der Waals surface area contributed by atoms with E-state index in [0.29, 0.717) is 11.3 Å². The molecule has 1 heterocycles. The molecule has 2 aliphatic rings. The van der Waals surface area contributed by atoms with Crippen LogP contribution in [0, 0.1) is 5.41 Å². The third-order valence-corrected chi connectivity index (χ3v) is 5.08. The lowest BCUT2D eigenvalue weighted by molar-refractivity contribution is -0.129. The van der Waals surface area contributed by atoms with Gasteiger partial charge in [-0.25, -0.2) is 0 Å². The van der Waals surface area contributed by atoms with E-state index in [-0.39, 0.29) is 4.83 Å². The standard InChI is InChI=1S/C12H20BrNO/c1-2-10(13)11(15)14-8-7-12(9-14)5-3-4-6-12/h10H,2-9H2,1H3. The van der Waals surface area contributed by atoms with E-state index in [2.05, 4.69) is 27.8 Å². The van der Waals surface area contributed by atoms with E-state index in [4.69, 9.17) is 0 Å². The number of amides is 1. The van der Waals surface area contributed by atoms with Crippen LogP contribution in [0.2, 0.25) is 0 Å². The number of halogens is 1. The second kappa shape index (κ2) is 4.44. The highest BCUT2D eigenvalue weighted by molar-refractivity contribution is 9.10. The molecule has 0 radical (unpaired) electrons. The molecule has 2 fully saturated rings. The summed E-state index contributed by atoms with van der Waals surface area (Å²) in [4.78, 5) is 14.1. The molecule has 1 saturated carbocycles. The summed E-state index contributed by atoms with van der Waals surface area (Å²) in [5, 5.41) is 0. The fourth-order valence-corrected chi connectivity index (χ4v) is 3.32. The lowest BCUT2D eigenvalue weighted by Gasteiger charge is -2.24. The number of likely N-dealkylation sites (tertiary alicyclic amines) is 1. The summed E-state index contributed by atoms with van der Waals surface area (Å²) in [7, 11) is 0. The van der Waals surface area contributed by atoms with Gasteiger partial charge in [0.05, 0.1) is 4.83 Å². The monoisotopic (exact) mass is 273 g/mol. The Kier molecular flexibility index (Phi) is 3.39. The first-order valence-electron chi connectivity index (χ1n) is 6.10. The lowest BCUT2D eigenvalue weighted by atomic mass is 9.86. The van der Waals surface area contributed by atoms with Gasteiger partial charge in [-0.15, -0.1) is 0 Å². The third-order valence-electron chi connectivity index (χ3n) is 4.04. The van der Waals surface area contributed by atoms with Gasteiger partial charge in [0.1, 0.15) is 0 Å². The highest BCUT2D eigenvalue weighted by Gasteiger charge is 2.42. The average Bonchev–Trinajstić information content (AvgIpc) is 2.88. The molecule has 0 aromatic heterocycles. The van der Waals surface area contributed by atoms with Gasteiger partial charge in [0.2, 0.25) is 5.91 Å². The van der Waals surface area contributed by atoms with Crippen molar-refractivity contribution in [1.82, 2.24) is 4.90 Å². The van der Waals surface area contributed by atoms with E-state index in [9.17, 15) is 4.79 Å². The van der Waals surface area contributed by atoms with Crippen LogP contribution < -0.4 is 0 Å². The molecule has 0 aromatic carbocycles. The van der Waals surface area contributed by atoms with Crippen molar-refractivity contribution in [3.8, 4) is 0 Å². The van der Waals surface area contributed by atoms with E-state index in [0.717, 1.165) is 19.5 Å². The van der Waals surface area contributed by atoms with Crippen LogP contribution in [0.15, 0.2) is 0 Å². The molecule has 2 rings (SSSR count). The van der Waals surface area contributed by atoms with Crippen LogP contribution in [0.3, 0.4) is 0 Å². The van der Waals surface area contributed by atoms with Gasteiger partial charge in [0, 0.05) is 13.1 Å². The van der Waals surface area contributed by atoms with Crippen molar-refractivity contribution in [2.24, 2.45) is 5.41 Å². The number of nitrogens with zero attached hydrogens (tertiary/aromatic N) is 1. The van der Waals surface area contributed by atoms with Crippen LogP contribution in [0.25, 0.3) is 0 Å². The van der Waals surface area contributed by atoms with Crippen LogP contribution in [0.1, 0.15) is 45.4 Å². The third kappa shape index (κ3) is 2.22. The van der Waals surface area contributed by atoms with Crippen LogP contribution >= 0.6 is 15.9 Å². The number of hydrogen-bond acceptors (Lipinski definition) is 1. The molecule has 1 aliphatic carbocycles. The zero-order chi connectivity index (χ0) is 10.9. The second-order valence-electron chi connectivity index (χ2n) is 5.09. The van der Waals surface area contributed by atoms with Crippen molar-refractivity contribution >= 4 is 21.8 Å². The second-order valence-corrected chi connectivity index (χ2v) is 6.20. The Morgan fingerprint density at radius 1 is 1.40 bits per heavy atom. The van der Waals surface area contributed by atoms with Gasteiger partial charge in [-0.05, 0) is 31.1 Å². The number of hydrogen-bond donors (Lipinski definition) is 0. The van der Waals surface area contributed by atoms with E-state index in [1.807, 2.05) is 0 Å². The molecule has 1 atom stereocenters. The highest BCUT2D eigenvalue weighted by Crippen LogP contribution is 2.45. The van der Waals surface area contributed by atoms with E-state index in [1.54, 1.807) is 0 Å². The maximum Gasteiger partial charge on any atom is 0.236 e. The molecule has 1 saturated heterocycles. The Labute approximate surface area is 101 Å². The van der Waals surface area contributed by atoms with Gasteiger partial charge in [0.15, 0.2) is 0 Å². The molecule has 3 heteroatoms. The van der Waals surface area contributed by atoms with Crippen molar-refractivity contribution in [2.75, 3.05) is 13.1 Å². The number of alkyl halides is 1. The van der Waals surface area contributed by atoms with E-state index in [1.165, 1.54) is 32.1 Å². The highest BCUT2D eigenvalue weighted by atomic mass is 79.9. The Hall–Kier alpha value is -0.0500. The summed E-state index contributed by atoms with van der Waals surface area (Å²) in [5.74, 6) is 0.307. The molecule has 1 unspecified atom stereocenters. The van der Waals surface area contributed by atoms with Crippen molar-refractivity contribution < 1.29 is 4.79 Å². The quantitative estimate of drug-likeness (QED) is 0.709. The number of carbonyl (C=O) groups excluding carboxylic acids is 1. The zero-order valence-electron chi connectivity index (χ0n) is 9.47.